The number of rotatable bonds is 5. The smallest absolute Gasteiger partial charge is 0.338 e. The van der Waals surface area contributed by atoms with Gasteiger partial charge in [-0.05, 0) is 56.3 Å². The van der Waals surface area contributed by atoms with Gasteiger partial charge in [0.25, 0.3) is 5.91 Å². The van der Waals surface area contributed by atoms with Gasteiger partial charge in [-0.3, -0.25) is 4.79 Å². The average molecular weight is 361 g/mol. The molecule has 0 aromatic heterocycles. The van der Waals surface area contributed by atoms with Crippen molar-refractivity contribution in [3.05, 3.63) is 59.7 Å². The summed E-state index contributed by atoms with van der Waals surface area (Å²) in [7, 11) is -3.39. The van der Waals surface area contributed by atoms with Crippen molar-refractivity contribution in [1.82, 2.24) is 0 Å². The summed E-state index contributed by atoms with van der Waals surface area (Å²) in [6, 6.07) is 12.0. The number of hydrogen-bond acceptors (Lipinski definition) is 5. The Bertz CT molecular complexity index is 886. The predicted octanol–water partition coefficient (Wildman–Crippen LogP) is 2.91. The van der Waals surface area contributed by atoms with Crippen molar-refractivity contribution in [2.45, 2.75) is 24.8 Å². The Hall–Kier alpha value is -2.67. The number of ether oxygens (including phenoxy) is 1. The molecule has 0 unspecified atom stereocenters. The lowest BCUT2D eigenvalue weighted by Crippen LogP contribution is -2.14. The van der Waals surface area contributed by atoms with E-state index in [0.29, 0.717) is 11.3 Å². The third-order valence-electron chi connectivity index (χ3n) is 3.25. The lowest BCUT2D eigenvalue weighted by molar-refractivity contribution is 0.0378. The van der Waals surface area contributed by atoms with Crippen molar-refractivity contribution in [2.24, 2.45) is 0 Å². The van der Waals surface area contributed by atoms with Gasteiger partial charge in [-0.2, -0.15) is 0 Å². The van der Waals surface area contributed by atoms with Crippen molar-refractivity contribution in [3.8, 4) is 0 Å². The highest BCUT2D eigenvalue weighted by Gasteiger charge is 2.13. The van der Waals surface area contributed by atoms with Gasteiger partial charge in [-0.15, -0.1) is 0 Å². The van der Waals surface area contributed by atoms with Crippen molar-refractivity contribution in [1.29, 1.82) is 0 Å². The Balaban J connectivity index is 2.12. The number of carbonyl (C=O) groups excluding carboxylic acids is 2. The van der Waals surface area contributed by atoms with Crippen LogP contribution in [0, 0.1) is 0 Å². The molecule has 1 amide bonds. The molecule has 2 rings (SSSR count). The van der Waals surface area contributed by atoms with Crippen LogP contribution in [0.15, 0.2) is 53.4 Å². The highest BCUT2D eigenvalue weighted by atomic mass is 32.2. The van der Waals surface area contributed by atoms with Crippen LogP contribution in [-0.2, 0) is 14.6 Å². The van der Waals surface area contributed by atoms with Crippen molar-refractivity contribution < 1.29 is 22.7 Å². The van der Waals surface area contributed by atoms with Gasteiger partial charge >= 0.3 is 5.97 Å². The number of amides is 1. The molecule has 2 aromatic rings. The Morgan fingerprint density at radius 1 is 1.00 bits per heavy atom. The predicted molar refractivity (Wildman–Crippen MR) is 94.5 cm³/mol. The van der Waals surface area contributed by atoms with Gasteiger partial charge in [0.2, 0.25) is 0 Å². The normalized spacial score (nSPS) is 11.2. The number of anilines is 1. The summed E-state index contributed by atoms with van der Waals surface area (Å²) in [5.41, 5.74) is 1.09. The van der Waals surface area contributed by atoms with E-state index in [-0.39, 0.29) is 16.6 Å². The Morgan fingerprint density at radius 2 is 1.64 bits per heavy atom. The molecule has 1 N–H and O–H groups in total. The quantitative estimate of drug-likeness (QED) is 0.827. The molecule has 0 saturated carbocycles. The number of benzene rings is 2. The fraction of sp³-hybridized carbons (Fsp3) is 0.222. The van der Waals surface area contributed by atoms with E-state index in [0.717, 1.165) is 6.26 Å². The molecule has 0 bridgehead atoms. The molecular formula is C18H19NO5S. The van der Waals surface area contributed by atoms with Gasteiger partial charge in [0.15, 0.2) is 9.84 Å². The summed E-state index contributed by atoms with van der Waals surface area (Å²) in [6.45, 7) is 3.52. The molecule has 132 valence electrons. The van der Waals surface area contributed by atoms with Crippen LogP contribution in [0.25, 0.3) is 0 Å². The number of carbonyl (C=O) groups is 2. The van der Waals surface area contributed by atoms with Crippen LogP contribution in [-0.4, -0.2) is 32.7 Å². The number of hydrogen-bond donors (Lipinski definition) is 1. The summed E-state index contributed by atoms with van der Waals surface area (Å²) in [6.07, 6.45) is 0.868. The maximum atomic E-state index is 12.3. The standard InChI is InChI=1S/C18H19NO5S/c1-12(2)24-18(21)13-7-9-15(10-8-13)19-17(20)14-5-4-6-16(11-14)25(3,22)23/h4-12H,1-3H3,(H,19,20). The zero-order chi connectivity index (χ0) is 18.6. The first kappa shape index (κ1) is 18.7. The fourth-order valence-electron chi connectivity index (χ4n) is 2.04. The Kier molecular flexibility index (Phi) is 5.58. The average Bonchev–Trinajstić information content (AvgIpc) is 2.54. The second-order valence-electron chi connectivity index (χ2n) is 5.79. The highest BCUT2D eigenvalue weighted by Crippen LogP contribution is 2.15. The van der Waals surface area contributed by atoms with Crippen LogP contribution in [0.4, 0.5) is 5.69 Å². The first-order valence-corrected chi connectivity index (χ1v) is 9.48. The molecule has 25 heavy (non-hydrogen) atoms. The third kappa shape index (κ3) is 5.15. The van der Waals surface area contributed by atoms with Gasteiger partial charge in [-0.25, -0.2) is 13.2 Å². The zero-order valence-electron chi connectivity index (χ0n) is 14.1. The lowest BCUT2D eigenvalue weighted by atomic mass is 10.2. The van der Waals surface area contributed by atoms with E-state index < -0.39 is 21.7 Å². The zero-order valence-corrected chi connectivity index (χ0v) is 15.0. The van der Waals surface area contributed by atoms with Gasteiger partial charge in [-0.1, -0.05) is 6.07 Å². The molecule has 0 spiro atoms. The summed E-state index contributed by atoms with van der Waals surface area (Å²) < 4.78 is 28.2. The topological polar surface area (TPSA) is 89.5 Å². The molecule has 0 heterocycles. The molecule has 0 atom stereocenters. The molecule has 0 aliphatic heterocycles. The molecule has 2 aromatic carbocycles. The summed E-state index contributed by atoms with van der Waals surface area (Å²) >= 11 is 0. The first-order chi connectivity index (χ1) is 11.7. The lowest BCUT2D eigenvalue weighted by Gasteiger charge is -2.09. The number of sulfone groups is 1. The largest absolute Gasteiger partial charge is 0.459 e. The van der Waals surface area contributed by atoms with Crippen LogP contribution < -0.4 is 5.32 Å². The molecule has 0 fully saturated rings. The van der Waals surface area contributed by atoms with E-state index in [1.807, 2.05) is 0 Å². The van der Waals surface area contributed by atoms with Gasteiger partial charge in [0.05, 0.1) is 16.6 Å². The maximum absolute atomic E-state index is 12.3. The maximum Gasteiger partial charge on any atom is 0.338 e. The second-order valence-corrected chi connectivity index (χ2v) is 7.80. The van der Waals surface area contributed by atoms with E-state index >= 15 is 0 Å². The summed E-state index contributed by atoms with van der Waals surface area (Å²) in [5, 5.41) is 2.66. The SMILES string of the molecule is CC(C)OC(=O)c1ccc(NC(=O)c2cccc(S(C)(=O)=O)c2)cc1. The molecule has 7 heteroatoms. The van der Waals surface area contributed by atoms with E-state index in [1.54, 1.807) is 38.1 Å². The molecular weight excluding hydrogens is 342 g/mol. The first-order valence-electron chi connectivity index (χ1n) is 7.59. The van der Waals surface area contributed by atoms with Crippen LogP contribution in [0.5, 0.6) is 0 Å². The van der Waals surface area contributed by atoms with Gasteiger partial charge in [0.1, 0.15) is 0 Å². The number of esters is 1. The second kappa shape index (κ2) is 7.48. The summed E-state index contributed by atoms with van der Waals surface area (Å²) in [5.74, 6) is -0.878. The molecule has 0 aliphatic rings. The molecule has 6 nitrogen and oxygen atoms in total. The summed E-state index contributed by atoms with van der Waals surface area (Å²) in [4.78, 5) is 24.1. The van der Waals surface area contributed by atoms with Gasteiger partial charge in [0, 0.05) is 17.5 Å². The van der Waals surface area contributed by atoms with Crippen LogP contribution in [0.1, 0.15) is 34.6 Å². The Labute approximate surface area is 146 Å². The van der Waals surface area contributed by atoms with E-state index in [1.165, 1.54) is 24.3 Å². The van der Waals surface area contributed by atoms with Gasteiger partial charge < -0.3 is 10.1 Å². The van der Waals surface area contributed by atoms with Crippen LogP contribution in [0.2, 0.25) is 0 Å². The van der Waals surface area contributed by atoms with E-state index in [9.17, 15) is 18.0 Å². The third-order valence-corrected chi connectivity index (χ3v) is 4.36. The molecule has 0 saturated heterocycles. The Morgan fingerprint density at radius 3 is 2.20 bits per heavy atom. The minimum absolute atomic E-state index is 0.0759. The van der Waals surface area contributed by atoms with E-state index in [4.69, 9.17) is 4.74 Å². The minimum atomic E-state index is -3.39. The van der Waals surface area contributed by atoms with Crippen LogP contribution >= 0.6 is 0 Å². The van der Waals surface area contributed by atoms with Crippen LogP contribution in [0.3, 0.4) is 0 Å². The van der Waals surface area contributed by atoms with Crippen molar-refractivity contribution in [2.75, 3.05) is 11.6 Å². The van der Waals surface area contributed by atoms with E-state index in [2.05, 4.69) is 5.32 Å². The highest BCUT2D eigenvalue weighted by molar-refractivity contribution is 7.90. The van der Waals surface area contributed by atoms with Crippen molar-refractivity contribution in [3.63, 3.8) is 0 Å². The number of nitrogens with one attached hydrogen (secondary N) is 1. The molecule has 0 aliphatic carbocycles. The molecule has 0 radical (unpaired) electrons. The fourth-order valence-corrected chi connectivity index (χ4v) is 2.71. The monoisotopic (exact) mass is 361 g/mol. The van der Waals surface area contributed by atoms with Crippen molar-refractivity contribution >= 4 is 27.4 Å². The minimum Gasteiger partial charge on any atom is -0.459 e.